The Morgan fingerprint density at radius 2 is 0.582 bits per heavy atom. The van der Waals surface area contributed by atoms with Crippen molar-refractivity contribution in [2.75, 3.05) is 13.2 Å². The second kappa shape index (κ2) is 56.0. The van der Waals surface area contributed by atoms with Crippen molar-refractivity contribution in [3.63, 3.8) is 0 Å². The molecule has 0 aliphatic heterocycles. The van der Waals surface area contributed by atoms with Gasteiger partial charge in [0, 0.05) is 19.3 Å². The first-order chi connectivity index (χ1) is 33.0. The van der Waals surface area contributed by atoms with E-state index in [4.69, 9.17) is 14.2 Å². The van der Waals surface area contributed by atoms with Crippen molar-refractivity contribution in [1.82, 2.24) is 0 Å². The van der Waals surface area contributed by atoms with E-state index in [1.807, 2.05) is 0 Å². The van der Waals surface area contributed by atoms with E-state index in [1.165, 1.54) is 180 Å². The van der Waals surface area contributed by atoms with Crippen LogP contribution in [0.25, 0.3) is 0 Å². The van der Waals surface area contributed by atoms with Gasteiger partial charge in [0.25, 0.3) is 0 Å². The molecule has 0 bridgehead atoms. The Labute approximate surface area is 416 Å². The van der Waals surface area contributed by atoms with Crippen LogP contribution in [0.4, 0.5) is 0 Å². The average Bonchev–Trinajstić information content (AvgIpc) is 3.33. The van der Waals surface area contributed by atoms with Crippen LogP contribution in [0.3, 0.4) is 0 Å². The van der Waals surface area contributed by atoms with Crippen molar-refractivity contribution < 1.29 is 28.6 Å². The summed E-state index contributed by atoms with van der Waals surface area (Å²) in [4.78, 5) is 38.2. The Hall–Kier alpha value is -2.63. The van der Waals surface area contributed by atoms with Crippen molar-refractivity contribution in [2.24, 2.45) is 0 Å². The number of esters is 3. The van der Waals surface area contributed by atoms with Gasteiger partial charge in [-0.15, -0.1) is 0 Å². The standard InChI is InChI=1S/C61H110O6/c1-4-7-10-13-16-19-22-25-28-30-32-33-36-39-42-45-48-51-54-60(63)66-57-58(56-65-59(62)53-50-47-44-41-38-35-27-24-21-18-15-12-9-6-3)67-61(64)55-52-49-46-43-40-37-34-31-29-26-23-20-17-14-11-8-5-2/h8,11,17,20,26,28-30,58H,4-7,9-10,12-16,18-19,21-25,27,31-57H2,1-3H3/b11-8-,20-17-,29-26-,30-28-. The zero-order valence-corrected chi connectivity index (χ0v) is 44.7. The third-order valence-electron chi connectivity index (χ3n) is 12.8. The van der Waals surface area contributed by atoms with Crippen LogP contribution in [0.2, 0.25) is 0 Å². The molecular formula is C61H110O6. The Balaban J connectivity index is 4.36. The lowest BCUT2D eigenvalue weighted by molar-refractivity contribution is -0.167. The smallest absolute Gasteiger partial charge is 0.306 e. The SMILES string of the molecule is CC/C=C\C/C=C\C/C=C\CCCCCCCCCC(=O)OC(COC(=O)CCCCCCCCC/C=C\CCCCCCCCC)COC(=O)CCCCCCCCCCCCCCCC. The number of hydrogen-bond acceptors (Lipinski definition) is 6. The van der Waals surface area contributed by atoms with Crippen molar-refractivity contribution in [3.05, 3.63) is 48.6 Å². The van der Waals surface area contributed by atoms with Crippen LogP contribution in [-0.2, 0) is 28.6 Å². The Morgan fingerprint density at radius 1 is 0.313 bits per heavy atom. The summed E-state index contributed by atoms with van der Waals surface area (Å²) in [6, 6.07) is 0. The molecule has 6 nitrogen and oxygen atoms in total. The number of carbonyl (C=O) groups is 3. The molecule has 0 radical (unpaired) electrons. The summed E-state index contributed by atoms with van der Waals surface area (Å²) >= 11 is 0. The second-order valence-electron chi connectivity index (χ2n) is 19.5. The number of hydrogen-bond donors (Lipinski definition) is 0. The molecule has 0 spiro atoms. The number of carbonyl (C=O) groups excluding carboxylic acids is 3. The fourth-order valence-electron chi connectivity index (χ4n) is 8.45. The largest absolute Gasteiger partial charge is 0.462 e. The Kier molecular flexibility index (Phi) is 53.8. The van der Waals surface area contributed by atoms with E-state index in [1.54, 1.807) is 0 Å². The van der Waals surface area contributed by atoms with Crippen LogP contribution < -0.4 is 0 Å². The maximum absolute atomic E-state index is 12.9. The molecule has 390 valence electrons. The molecule has 6 heteroatoms. The molecule has 0 amide bonds. The molecule has 0 saturated heterocycles. The molecule has 0 aromatic carbocycles. The molecule has 0 aliphatic rings. The summed E-state index contributed by atoms with van der Waals surface area (Å²) in [5.41, 5.74) is 0. The van der Waals surface area contributed by atoms with Crippen molar-refractivity contribution in [1.29, 1.82) is 0 Å². The van der Waals surface area contributed by atoms with Gasteiger partial charge in [-0.25, -0.2) is 0 Å². The molecule has 0 N–H and O–H groups in total. The van der Waals surface area contributed by atoms with Gasteiger partial charge in [-0.2, -0.15) is 0 Å². The highest BCUT2D eigenvalue weighted by atomic mass is 16.6. The molecule has 1 unspecified atom stereocenters. The number of rotatable bonds is 53. The molecule has 0 aromatic rings. The van der Waals surface area contributed by atoms with Gasteiger partial charge in [0.05, 0.1) is 0 Å². The topological polar surface area (TPSA) is 78.9 Å². The van der Waals surface area contributed by atoms with Crippen molar-refractivity contribution in [3.8, 4) is 0 Å². The van der Waals surface area contributed by atoms with Gasteiger partial charge in [-0.3, -0.25) is 14.4 Å². The quantitative estimate of drug-likeness (QED) is 0.0262. The maximum atomic E-state index is 12.9. The van der Waals surface area contributed by atoms with Crippen LogP contribution in [0.5, 0.6) is 0 Å². The molecule has 67 heavy (non-hydrogen) atoms. The monoisotopic (exact) mass is 939 g/mol. The van der Waals surface area contributed by atoms with Crippen molar-refractivity contribution >= 4 is 17.9 Å². The van der Waals surface area contributed by atoms with Gasteiger partial charge in [0.1, 0.15) is 13.2 Å². The van der Waals surface area contributed by atoms with E-state index in [9.17, 15) is 14.4 Å². The minimum absolute atomic E-state index is 0.0754. The molecular weight excluding hydrogens is 829 g/mol. The van der Waals surface area contributed by atoms with Gasteiger partial charge < -0.3 is 14.2 Å². The highest BCUT2D eigenvalue weighted by Crippen LogP contribution is 2.16. The highest BCUT2D eigenvalue weighted by molar-refractivity contribution is 5.71. The zero-order valence-electron chi connectivity index (χ0n) is 44.7. The van der Waals surface area contributed by atoms with Gasteiger partial charge in [-0.05, 0) is 77.0 Å². The first-order valence-electron chi connectivity index (χ1n) is 29.1. The number of unbranched alkanes of at least 4 members (excludes halogenated alkanes) is 34. The van der Waals surface area contributed by atoms with E-state index in [-0.39, 0.29) is 31.1 Å². The van der Waals surface area contributed by atoms with Gasteiger partial charge in [0.15, 0.2) is 6.10 Å². The predicted molar refractivity (Wildman–Crippen MR) is 289 cm³/mol. The van der Waals surface area contributed by atoms with E-state index in [0.29, 0.717) is 19.3 Å². The lowest BCUT2D eigenvalue weighted by atomic mass is 10.0. The molecule has 0 aromatic heterocycles. The molecule has 0 fully saturated rings. The summed E-state index contributed by atoms with van der Waals surface area (Å²) < 4.78 is 16.9. The van der Waals surface area contributed by atoms with E-state index in [2.05, 4.69) is 69.4 Å². The van der Waals surface area contributed by atoms with Crippen LogP contribution in [0, 0.1) is 0 Å². The fraction of sp³-hybridized carbons (Fsp3) is 0.820. The van der Waals surface area contributed by atoms with E-state index in [0.717, 1.165) is 83.5 Å². The Morgan fingerprint density at radius 3 is 0.925 bits per heavy atom. The molecule has 0 heterocycles. The lowest BCUT2D eigenvalue weighted by Crippen LogP contribution is -2.30. The Bertz CT molecular complexity index is 1170. The van der Waals surface area contributed by atoms with Gasteiger partial charge >= 0.3 is 17.9 Å². The second-order valence-corrected chi connectivity index (χ2v) is 19.5. The number of ether oxygens (including phenoxy) is 3. The molecule has 0 saturated carbocycles. The van der Waals surface area contributed by atoms with Crippen molar-refractivity contribution in [2.45, 2.75) is 309 Å². The highest BCUT2D eigenvalue weighted by Gasteiger charge is 2.19. The van der Waals surface area contributed by atoms with Gasteiger partial charge in [0.2, 0.25) is 0 Å². The normalized spacial score (nSPS) is 12.3. The van der Waals surface area contributed by atoms with E-state index < -0.39 is 6.10 Å². The zero-order chi connectivity index (χ0) is 48.6. The average molecular weight is 940 g/mol. The third-order valence-corrected chi connectivity index (χ3v) is 12.8. The molecule has 0 rings (SSSR count). The summed E-state index contributed by atoms with van der Waals surface area (Å²) in [7, 11) is 0. The van der Waals surface area contributed by atoms with E-state index >= 15 is 0 Å². The van der Waals surface area contributed by atoms with Crippen LogP contribution in [0.1, 0.15) is 303 Å². The third kappa shape index (κ3) is 54.2. The number of allylic oxidation sites excluding steroid dienone is 8. The fourth-order valence-corrected chi connectivity index (χ4v) is 8.45. The first-order valence-corrected chi connectivity index (χ1v) is 29.1. The van der Waals surface area contributed by atoms with Crippen LogP contribution in [-0.4, -0.2) is 37.2 Å². The summed E-state index contributed by atoms with van der Waals surface area (Å²) in [5, 5.41) is 0. The first kappa shape index (κ1) is 64.4. The van der Waals surface area contributed by atoms with Gasteiger partial charge in [-0.1, -0.05) is 256 Å². The minimum atomic E-state index is -0.778. The minimum Gasteiger partial charge on any atom is -0.462 e. The summed E-state index contributed by atoms with van der Waals surface area (Å²) in [6.45, 7) is 6.55. The van der Waals surface area contributed by atoms with Crippen LogP contribution in [0.15, 0.2) is 48.6 Å². The lowest BCUT2D eigenvalue weighted by Gasteiger charge is -2.18. The maximum Gasteiger partial charge on any atom is 0.306 e. The molecule has 0 aliphatic carbocycles. The molecule has 1 atom stereocenters. The predicted octanol–water partition coefficient (Wildman–Crippen LogP) is 19.4. The summed E-state index contributed by atoms with van der Waals surface area (Å²) in [5.74, 6) is -0.874. The summed E-state index contributed by atoms with van der Waals surface area (Å²) in [6.07, 6.45) is 68.1. The van der Waals surface area contributed by atoms with Crippen LogP contribution >= 0.6 is 0 Å².